The zero-order valence-electron chi connectivity index (χ0n) is 10.3. The van der Waals surface area contributed by atoms with Crippen LogP contribution in [-0.2, 0) is 13.0 Å². The maximum absolute atomic E-state index is 4.55. The number of thiophene rings is 1. The maximum atomic E-state index is 4.55. The predicted octanol–water partition coefficient (Wildman–Crippen LogP) is 1.64. The molecule has 0 saturated carbocycles. The van der Waals surface area contributed by atoms with Crippen LogP contribution in [0.2, 0.25) is 0 Å². The van der Waals surface area contributed by atoms with E-state index in [9.17, 15) is 0 Å². The van der Waals surface area contributed by atoms with Gasteiger partial charge in [-0.1, -0.05) is 0 Å². The van der Waals surface area contributed by atoms with E-state index in [2.05, 4.69) is 27.0 Å². The van der Waals surface area contributed by atoms with Crippen LogP contribution >= 0.6 is 11.3 Å². The Morgan fingerprint density at radius 1 is 1.39 bits per heavy atom. The van der Waals surface area contributed by atoms with Gasteiger partial charge in [0.05, 0.1) is 5.39 Å². The molecular formula is C12H13N5S. The van der Waals surface area contributed by atoms with Crippen molar-refractivity contribution >= 4 is 27.2 Å². The number of aryl methyl sites for hydroxylation is 1. The number of aromatic nitrogens is 4. The van der Waals surface area contributed by atoms with Crippen LogP contribution in [0.25, 0.3) is 15.9 Å². The molecule has 0 atom stereocenters. The van der Waals surface area contributed by atoms with Crippen molar-refractivity contribution in [3.63, 3.8) is 0 Å². The summed E-state index contributed by atoms with van der Waals surface area (Å²) in [4.78, 5) is 13.9. The van der Waals surface area contributed by atoms with Crippen molar-refractivity contribution in [2.75, 3.05) is 13.6 Å². The van der Waals surface area contributed by atoms with E-state index >= 15 is 0 Å². The first-order valence-corrected chi connectivity index (χ1v) is 6.85. The van der Waals surface area contributed by atoms with Gasteiger partial charge in [0.1, 0.15) is 17.0 Å². The fourth-order valence-electron chi connectivity index (χ4n) is 2.63. The average Bonchev–Trinajstić information content (AvgIpc) is 2.86. The molecule has 0 saturated heterocycles. The van der Waals surface area contributed by atoms with Crippen molar-refractivity contribution in [1.29, 1.82) is 0 Å². The van der Waals surface area contributed by atoms with Crippen LogP contribution in [-0.4, -0.2) is 38.1 Å². The Kier molecular flexibility index (Phi) is 2.02. The molecule has 1 aliphatic heterocycles. The second-order valence-electron chi connectivity index (χ2n) is 4.84. The number of hydrogen-bond acceptors (Lipinski definition) is 5. The van der Waals surface area contributed by atoms with E-state index in [4.69, 9.17) is 0 Å². The van der Waals surface area contributed by atoms with Gasteiger partial charge in [0.25, 0.3) is 0 Å². The van der Waals surface area contributed by atoms with Gasteiger partial charge in [0, 0.05) is 18.0 Å². The highest BCUT2D eigenvalue weighted by atomic mass is 32.1. The summed E-state index contributed by atoms with van der Waals surface area (Å²) in [6.07, 6.45) is 2.85. The summed E-state index contributed by atoms with van der Waals surface area (Å²) < 4.78 is 1.79. The van der Waals surface area contributed by atoms with Gasteiger partial charge in [0.15, 0.2) is 5.65 Å². The lowest BCUT2D eigenvalue weighted by molar-refractivity contribution is 0.318. The lowest BCUT2D eigenvalue weighted by Gasteiger charge is -2.21. The van der Waals surface area contributed by atoms with Crippen molar-refractivity contribution < 1.29 is 0 Å². The molecule has 0 radical (unpaired) electrons. The molecule has 92 valence electrons. The molecule has 4 rings (SSSR count). The fraction of sp³-hybridized carbons (Fsp3) is 0.417. The molecule has 0 spiro atoms. The summed E-state index contributed by atoms with van der Waals surface area (Å²) in [5.41, 5.74) is 2.39. The number of likely N-dealkylation sites (N-methyl/N-ethyl adjacent to an activating group) is 1. The van der Waals surface area contributed by atoms with Gasteiger partial charge in [-0.15, -0.1) is 11.3 Å². The summed E-state index contributed by atoms with van der Waals surface area (Å²) in [6.45, 7) is 4.05. The highest BCUT2D eigenvalue weighted by Gasteiger charge is 2.22. The summed E-state index contributed by atoms with van der Waals surface area (Å²) >= 11 is 1.79. The largest absolute Gasteiger partial charge is 0.301 e. The highest BCUT2D eigenvalue weighted by molar-refractivity contribution is 7.19. The number of rotatable bonds is 0. The van der Waals surface area contributed by atoms with Gasteiger partial charge >= 0.3 is 0 Å². The minimum Gasteiger partial charge on any atom is -0.301 e. The molecule has 0 unspecified atom stereocenters. The third-order valence-corrected chi connectivity index (χ3v) is 4.60. The van der Waals surface area contributed by atoms with Gasteiger partial charge in [0.2, 0.25) is 0 Å². The van der Waals surface area contributed by atoms with Crippen molar-refractivity contribution in [1.82, 2.24) is 24.5 Å². The fourth-order valence-corrected chi connectivity index (χ4v) is 3.89. The predicted molar refractivity (Wildman–Crippen MR) is 70.9 cm³/mol. The van der Waals surface area contributed by atoms with Gasteiger partial charge in [-0.05, 0) is 26.0 Å². The summed E-state index contributed by atoms with van der Waals surface area (Å²) in [5.74, 6) is 0.803. The lowest BCUT2D eigenvalue weighted by Crippen LogP contribution is -2.25. The molecule has 3 aromatic rings. The molecule has 18 heavy (non-hydrogen) atoms. The Morgan fingerprint density at radius 3 is 3.17 bits per heavy atom. The van der Waals surface area contributed by atoms with E-state index in [1.807, 2.05) is 6.92 Å². The molecule has 3 aromatic heterocycles. The van der Waals surface area contributed by atoms with Crippen LogP contribution in [0.3, 0.4) is 0 Å². The van der Waals surface area contributed by atoms with Crippen LogP contribution in [0.5, 0.6) is 0 Å². The molecule has 4 heterocycles. The minimum atomic E-state index is 0.803. The summed E-state index contributed by atoms with van der Waals surface area (Å²) in [5, 5.41) is 5.56. The molecule has 0 bridgehead atoms. The van der Waals surface area contributed by atoms with E-state index < -0.39 is 0 Å². The Balaban J connectivity index is 2.11. The zero-order valence-corrected chi connectivity index (χ0v) is 11.2. The highest BCUT2D eigenvalue weighted by Crippen LogP contribution is 2.35. The Labute approximate surface area is 108 Å². The van der Waals surface area contributed by atoms with Crippen molar-refractivity contribution in [3.8, 4) is 0 Å². The molecule has 1 aliphatic rings. The topological polar surface area (TPSA) is 46.3 Å². The molecule has 0 aliphatic carbocycles. The van der Waals surface area contributed by atoms with Gasteiger partial charge in [-0.3, -0.25) is 0 Å². The smallest absolute Gasteiger partial charge is 0.167 e. The van der Waals surface area contributed by atoms with E-state index in [1.54, 1.807) is 22.2 Å². The van der Waals surface area contributed by atoms with Crippen molar-refractivity contribution in [2.24, 2.45) is 0 Å². The number of hydrogen-bond donors (Lipinski definition) is 0. The van der Waals surface area contributed by atoms with E-state index in [1.165, 1.54) is 15.8 Å². The molecule has 0 fully saturated rings. The third-order valence-electron chi connectivity index (χ3n) is 3.47. The minimum absolute atomic E-state index is 0.803. The molecule has 0 N–H and O–H groups in total. The SMILES string of the molecule is Cc1nc2c3c4c(sc3ncn2n1)CN(C)CC4. The van der Waals surface area contributed by atoms with Gasteiger partial charge in [-0.25, -0.2) is 14.5 Å². The quantitative estimate of drug-likeness (QED) is 0.615. The number of fused-ring (bicyclic) bond motifs is 5. The second-order valence-corrected chi connectivity index (χ2v) is 5.93. The second kappa shape index (κ2) is 3.49. The lowest BCUT2D eigenvalue weighted by atomic mass is 10.1. The molecule has 6 heteroatoms. The Bertz CT molecular complexity index is 757. The van der Waals surface area contributed by atoms with Crippen molar-refractivity contribution in [2.45, 2.75) is 19.9 Å². The Hall–Kier alpha value is -1.53. The first-order valence-electron chi connectivity index (χ1n) is 6.03. The van der Waals surface area contributed by atoms with Crippen LogP contribution in [0, 0.1) is 6.92 Å². The molecule has 0 amide bonds. The van der Waals surface area contributed by atoms with Gasteiger partial charge in [-0.2, -0.15) is 5.10 Å². The van der Waals surface area contributed by atoms with E-state index in [0.29, 0.717) is 0 Å². The number of nitrogens with zero attached hydrogens (tertiary/aromatic N) is 5. The Morgan fingerprint density at radius 2 is 2.28 bits per heavy atom. The first-order chi connectivity index (χ1) is 8.72. The maximum Gasteiger partial charge on any atom is 0.167 e. The van der Waals surface area contributed by atoms with Crippen LogP contribution in [0.1, 0.15) is 16.3 Å². The first kappa shape index (κ1) is 10.4. The summed E-state index contributed by atoms with van der Waals surface area (Å²) in [7, 11) is 2.16. The average molecular weight is 259 g/mol. The standard InChI is InChI=1S/C12H13N5S/c1-7-14-11-10-8-3-4-16(2)5-9(8)18-12(10)13-6-17(11)15-7/h6H,3-5H2,1-2H3. The third kappa shape index (κ3) is 1.33. The van der Waals surface area contributed by atoms with E-state index in [0.717, 1.165) is 35.8 Å². The van der Waals surface area contributed by atoms with Crippen LogP contribution in [0.15, 0.2) is 6.33 Å². The normalized spacial score (nSPS) is 16.6. The van der Waals surface area contributed by atoms with E-state index in [-0.39, 0.29) is 0 Å². The van der Waals surface area contributed by atoms with Crippen molar-refractivity contribution in [3.05, 3.63) is 22.6 Å². The van der Waals surface area contributed by atoms with Crippen LogP contribution < -0.4 is 0 Å². The monoisotopic (exact) mass is 259 g/mol. The molecule has 5 nitrogen and oxygen atoms in total. The van der Waals surface area contributed by atoms with Crippen LogP contribution in [0.4, 0.5) is 0 Å². The molecule has 0 aromatic carbocycles. The molecular weight excluding hydrogens is 246 g/mol. The zero-order chi connectivity index (χ0) is 12.3. The van der Waals surface area contributed by atoms with Gasteiger partial charge < -0.3 is 4.90 Å². The summed E-state index contributed by atoms with van der Waals surface area (Å²) in [6, 6.07) is 0.